The van der Waals surface area contributed by atoms with Crippen LogP contribution in [-0.4, -0.2) is 0 Å². The molecule has 2 nitrogen and oxygen atoms in total. The fourth-order valence-electron chi connectivity index (χ4n) is 1.03. The lowest BCUT2D eigenvalue weighted by atomic mass is 9.92. The van der Waals surface area contributed by atoms with Gasteiger partial charge in [0.15, 0.2) is 0 Å². The largest absolute Gasteiger partial charge is 0.197 e. The van der Waals surface area contributed by atoms with Crippen molar-refractivity contribution >= 4 is 0 Å². The second kappa shape index (κ2) is 6.43. The summed E-state index contributed by atoms with van der Waals surface area (Å²) in [5.41, 5.74) is 0. The Bertz CT molecular complexity index is 193. The lowest BCUT2D eigenvalue weighted by molar-refractivity contribution is 0.461. The van der Waals surface area contributed by atoms with Gasteiger partial charge in [-0.05, 0) is 25.2 Å². The molecule has 0 amide bonds. The maximum Gasteiger partial charge on any atom is 0.135 e. The first-order chi connectivity index (χ1) is 5.76. The van der Waals surface area contributed by atoms with Crippen molar-refractivity contribution in [1.29, 1.82) is 10.5 Å². The standard InChI is InChI=1S/C10H14N2/c1-3-4-5-6-9(2)10(7-11)8-12/h3,9-10H,1,4-6H2,2H3. The Kier molecular flexibility index (Phi) is 5.75. The van der Waals surface area contributed by atoms with Crippen LogP contribution >= 0.6 is 0 Å². The molecule has 0 fully saturated rings. The molecule has 0 aliphatic rings. The quantitative estimate of drug-likeness (QED) is 0.461. The third kappa shape index (κ3) is 3.78. The molecule has 0 bridgehead atoms. The van der Waals surface area contributed by atoms with E-state index in [9.17, 15) is 0 Å². The summed E-state index contributed by atoms with van der Waals surface area (Å²) >= 11 is 0. The number of hydrogen-bond acceptors (Lipinski definition) is 2. The van der Waals surface area contributed by atoms with Crippen molar-refractivity contribution in [2.24, 2.45) is 11.8 Å². The third-order valence-electron chi connectivity index (χ3n) is 1.91. The minimum absolute atomic E-state index is 0.181. The number of rotatable bonds is 5. The number of nitriles is 2. The molecule has 0 aromatic heterocycles. The lowest BCUT2D eigenvalue weighted by Gasteiger charge is -2.09. The van der Waals surface area contributed by atoms with E-state index < -0.39 is 5.92 Å². The third-order valence-corrected chi connectivity index (χ3v) is 1.91. The summed E-state index contributed by atoms with van der Waals surface area (Å²) in [6.45, 7) is 5.56. The Hall–Kier alpha value is -1.28. The van der Waals surface area contributed by atoms with E-state index in [-0.39, 0.29) is 5.92 Å². The van der Waals surface area contributed by atoms with Crippen LogP contribution in [-0.2, 0) is 0 Å². The zero-order valence-electron chi connectivity index (χ0n) is 7.45. The molecule has 0 saturated heterocycles. The molecule has 64 valence electrons. The van der Waals surface area contributed by atoms with Crippen LogP contribution in [0.3, 0.4) is 0 Å². The molecule has 0 aliphatic heterocycles. The van der Waals surface area contributed by atoms with Gasteiger partial charge in [0.05, 0.1) is 12.1 Å². The second-order valence-electron chi connectivity index (χ2n) is 2.93. The summed E-state index contributed by atoms with van der Waals surface area (Å²) in [5, 5.41) is 17.1. The first-order valence-electron chi connectivity index (χ1n) is 4.16. The van der Waals surface area contributed by atoms with Gasteiger partial charge >= 0.3 is 0 Å². The predicted molar refractivity (Wildman–Crippen MR) is 47.9 cm³/mol. The van der Waals surface area contributed by atoms with Crippen LogP contribution in [0.5, 0.6) is 0 Å². The number of unbranched alkanes of at least 4 members (excludes halogenated alkanes) is 1. The first kappa shape index (κ1) is 10.7. The van der Waals surface area contributed by atoms with Gasteiger partial charge in [-0.25, -0.2) is 0 Å². The minimum atomic E-state index is -0.449. The van der Waals surface area contributed by atoms with Gasteiger partial charge in [-0.3, -0.25) is 0 Å². The van der Waals surface area contributed by atoms with E-state index >= 15 is 0 Å². The van der Waals surface area contributed by atoms with Gasteiger partial charge in [0.1, 0.15) is 5.92 Å². The summed E-state index contributed by atoms with van der Waals surface area (Å²) in [7, 11) is 0. The van der Waals surface area contributed by atoms with Crippen molar-refractivity contribution in [1.82, 2.24) is 0 Å². The van der Waals surface area contributed by atoms with Crippen LogP contribution in [0.15, 0.2) is 12.7 Å². The van der Waals surface area contributed by atoms with Crippen LogP contribution in [0.1, 0.15) is 26.2 Å². The fraction of sp³-hybridized carbons (Fsp3) is 0.600. The molecule has 0 saturated carbocycles. The van der Waals surface area contributed by atoms with Crippen molar-refractivity contribution in [3.05, 3.63) is 12.7 Å². The Balaban J connectivity index is 3.72. The van der Waals surface area contributed by atoms with Crippen LogP contribution in [0, 0.1) is 34.5 Å². The Morgan fingerprint density at radius 1 is 1.42 bits per heavy atom. The summed E-state index contributed by atoms with van der Waals surface area (Å²) in [4.78, 5) is 0. The molecule has 0 rings (SSSR count). The Morgan fingerprint density at radius 2 is 2.00 bits per heavy atom. The normalized spacial score (nSPS) is 11.7. The van der Waals surface area contributed by atoms with Crippen LogP contribution < -0.4 is 0 Å². The van der Waals surface area contributed by atoms with Crippen molar-refractivity contribution in [2.75, 3.05) is 0 Å². The Morgan fingerprint density at radius 3 is 2.42 bits per heavy atom. The van der Waals surface area contributed by atoms with Crippen LogP contribution in [0.4, 0.5) is 0 Å². The zero-order chi connectivity index (χ0) is 9.40. The highest BCUT2D eigenvalue weighted by molar-refractivity contribution is 5.01. The zero-order valence-corrected chi connectivity index (χ0v) is 7.45. The molecule has 0 radical (unpaired) electrons. The smallest absolute Gasteiger partial charge is 0.135 e. The fourth-order valence-corrected chi connectivity index (χ4v) is 1.03. The molecule has 0 aromatic rings. The van der Waals surface area contributed by atoms with Gasteiger partial charge in [-0.2, -0.15) is 10.5 Å². The molecule has 0 aliphatic carbocycles. The van der Waals surface area contributed by atoms with Gasteiger partial charge in [0.2, 0.25) is 0 Å². The Labute approximate surface area is 74.1 Å². The summed E-state index contributed by atoms with van der Waals surface area (Å²) in [5.74, 6) is -0.269. The number of allylic oxidation sites excluding steroid dienone is 1. The highest BCUT2D eigenvalue weighted by Crippen LogP contribution is 2.16. The number of hydrogen-bond donors (Lipinski definition) is 0. The van der Waals surface area contributed by atoms with Crippen molar-refractivity contribution in [3.8, 4) is 12.1 Å². The average Bonchev–Trinajstić information content (AvgIpc) is 2.07. The maximum absolute atomic E-state index is 8.56. The predicted octanol–water partition coefficient (Wildman–Crippen LogP) is 2.64. The van der Waals surface area contributed by atoms with Crippen molar-refractivity contribution in [2.45, 2.75) is 26.2 Å². The van der Waals surface area contributed by atoms with Crippen LogP contribution in [0.25, 0.3) is 0 Å². The van der Waals surface area contributed by atoms with E-state index in [2.05, 4.69) is 6.58 Å². The van der Waals surface area contributed by atoms with E-state index in [1.165, 1.54) is 0 Å². The lowest BCUT2D eigenvalue weighted by Crippen LogP contribution is -2.06. The SMILES string of the molecule is C=CCCCC(C)C(C#N)C#N. The monoisotopic (exact) mass is 162 g/mol. The summed E-state index contributed by atoms with van der Waals surface area (Å²) < 4.78 is 0. The highest BCUT2D eigenvalue weighted by atomic mass is 14.3. The van der Waals surface area contributed by atoms with Gasteiger partial charge in [-0.1, -0.05) is 13.0 Å². The van der Waals surface area contributed by atoms with E-state index in [4.69, 9.17) is 10.5 Å². The molecule has 0 spiro atoms. The number of nitrogens with zero attached hydrogens (tertiary/aromatic N) is 2. The molecule has 0 heterocycles. The molecule has 2 heteroatoms. The minimum Gasteiger partial charge on any atom is -0.197 e. The maximum atomic E-state index is 8.56. The molecule has 12 heavy (non-hydrogen) atoms. The molecular formula is C10H14N2. The summed E-state index contributed by atoms with van der Waals surface area (Å²) in [6.07, 6.45) is 4.77. The molecule has 0 N–H and O–H groups in total. The molecule has 1 unspecified atom stereocenters. The average molecular weight is 162 g/mol. The van der Waals surface area contributed by atoms with E-state index in [0.29, 0.717) is 0 Å². The van der Waals surface area contributed by atoms with Crippen LogP contribution in [0.2, 0.25) is 0 Å². The highest BCUT2D eigenvalue weighted by Gasteiger charge is 2.14. The van der Waals surface area contributed by atoms with Gasteiger partial charge in [-0.15, -0.1) is 6.58 Å². The van der Waals surface area contributed by atoms with E-state index in [0.717, 1.165) is 19.3 Å². The topological polar surface area (TPSA) is 47.6 Å². The van der Waals surface area contributed by atoms with Crippen molar-refractivity contribution in [3.63, 3.8) is 0 Å². The van der Waals surface area contributed by atoms with E-state index in [1.807, 2.05) is 25.1 Å². The van der Waals surface area contributed by atoms with Gasteiger partial charge in [0.25, 0.3) is 0 Å². The van der Waals surface area contributed by atoms with E-state index in [1.54, 1.807) is 0 Å². The van der Waals surface area contributed by atoms with Gasteiger partial charge < -0.3 is 0 Å². The first-order valence-corrected chi connectivity index (χ1v) is 4.16. The van der Waals surface area contributed by atoms with Crippen molar-refractivity contribution < 1.29 is 0 Å². The molecule has 1 atom stereocenters. The van der Waals surface area contributed by atoms with Gasteiger partial charge in [0, 0.05) is 0 Å². The molecule has 0 aromatic carbocycles. The summed E-state index contributed by atoms with van der Waals surface area (Å²) in [6, 6.07) is 3.98. The second-order valence-corrected chi connectivity index (χ2v) is 2.93. The molecular weight excluding hydrogens is 148 g/mol.